The van der Waals surface area contributed by atoms with E-state index in [1.54, 1.807) is 6.92 Å². The summed E-state index contributed by atoms with van der Waals surface area (Å²) in [6.07, 6.45) is 2.18. The van der Waals surface area contributed by atoms with Crippen LogP contribution >= 0.6 is 0 Å². The number of hydrogen-bond acceptors (Lipinski definition) is 10. The first-order chi connectivity index (χ1) is 23.4. The van der Waals surface area contributed by atoms with E-state index in [0.717, 1.165) is 69.8 Å². The van der Waals surface area contributed by atoms with E-state index in [0.29, 0.717) is 70.1 Å². The van der Waals surface area contributed by atoms with Gasteiger partial charge in [-0.25, -0.2) is 14.2 Å². The van der Waals surface area contributed by atoms with Gasteiger partial charge in [0.05, 0.1) is 12.2 Å². The molecule has 0 bridgehead atoms. The first-order valence-corrected chi connectivity index (χ1v) is 17.2. The Hall–Kier alpha value is -4.07. The molecular formula is C36H45FN6O6. The number of rotatable bonds is 7. The molecule has 1 unspecified atom stereocenters. The van der Waals surface area contributed by atoms with Crippen molar-refractivity contribution in [3.8, 4) is 28.5 Å². The fraction of sp³-hybridized carbons (Fsp3) is 0.556. The van der Waals surface area contributed by atoms with Crippen LogP contribution in [0.25, 0.3) is 33.7 Å². The predicted molar refractivity (Wildman–Crippen MR) is 182 cm³/mol. The summed E-state index contributed by atoms with van der Waals surface area (Å²) in [5, 5.41) is 20.0. The molecule has 3 aliphatic heterocycles. The molecule has 262 valence electrons. The zero-order chi connectivity index (χ0) is 34.6. The third-order valence-corrected chi connectivity index (χ3v) is 9.99. The molecule has 0 amide bonds. The molecule has 0 radical (unpaired) electrons. The predicted octanol–water partition coefficient (Wildman–Crippen LogP) is 5.61. The molecule has 12 nitrogen and oxygen atoms in total. The first-order valence-electron chi connectivity index (χ1n) is 17.2. The minimum absolute atomic E-state index is 0.262. The molecule has 3 aliphatic rings. The molecule has 0 spiro atoms. The second-order valence-corrected chi connectivity index (χ2v) is 14.3. The third-order valence-electron chi connectivity index (χ3n) is 9.99. The second kappa shape index (κ2) is 13.0. The molecule has 2 saturated heterocycles. The number of fused-ring (bicyclic) bond motifs is 2. The number of carboxylic acids is 1. The molecule has 0 saturated carbocycles. The first kappa shape index (κ1) is 33.4. The molecule has 3 aromatic heterocycles. The SMILES string of the molecule is Cc1nc2c(cc(-c3nnc(N4CCN(C5CCOCC5)CC4)o3)n2C)c(-c2cc(F)c3c(c2C)CCCO3)c1C(OC(C)(C)C)C(=O)O. The number of halogens is 1. The fourth-order valence-corrected chi connectivity index (χ4v) is 7.55. The minimum atomic E-state index is -1.36. The number of nitrogens with zero attached hydrogens (tertiary/aromatic N) is 6. The van der Waals surface area contributed by atoms with Crippen LogP contribution in [0.15, 0.2) is 16.5 Å². The van der Waals surface area contributed by atoms with Crippen molar-refractivity contribution in [3.05, 3.63) is 40.3 Å². The lowest BCUT2D eigenvalue weighted by atomic mass is 9.86. The highest BCUT2D eigenvalue weighted by Crippen LogP contribution is 2.45. The van der Waals surface area contributed by atoms with E-state index in [9.17, 15) is 9.90 Å². The lowest BCUT2D eigenvalue weighted by Crippen LogP contribution is -2.51. The van der Waals surface area contributed by atoms with Gasteiger partial charge in [0.2, 0.25) is 0 Å². The Labute approximate surface area is 285 Å². The van der Waals surface area contributed by atoms with Gasteiger partial charge < -0.3 is 33.2 Å². The van der Waals surface area contributed by atoms with Crippen LogP contribution in [0, 0.1) is 19.7 Å². The van der Waals surface area contributed by atoms with Gasteiger partial charge >= 0.3 is 12.0 Å². The summed E-state index contributed by atoms with van der Waals surface area (Å²) in [5.41, 5.74) is 3.98. The van der Waals surface area contributed by atoms with Crippen molar-refractivity contribution in [2.45, 2.75) is 78.0 Å². The maximum atomic E-state index is 15.8. The number of aryl methyl sites for hydroxylation is 2. The number of carboxylic acid groups (broad SMARTS) is 1. The molecule has 1 N–H and O–H groups in total. The van der Waals surface area contributed by atoms with Gasteiger partial charge in [0.15, 0.2) is 17.7 Å². The zero-order valence-electron chi connectivity index (χ0n) is 29.1. The Morgan fingerprint density at radius 1 is 1.08 bits per heavy atom. The van der Waals surface area contributed by atoms with E-state index in [4.69, 9.17) is 23.6 Å². The molecule has 2 fully saturated rings. The van der Waals surface area contributed by atoms with Crippen molar-refractivity contribution in [2.24, 2.45) is 7.05 Å². The van der Waals surface area contributed by atoms with Crippen LogP contribution in [0.4, 0.5) is 10.4 Å². The van der Waals surface area contributed by atoms with Crippen LogP contribution in [-0.2, 0) is 27.7 Å². The topological polar surface area (TPSA) is 128 Å². The van der Waals surface area contributed by atoms with Crippen LogP contribution in [0.1, 0.15) is 68.5 Å². The number of pyridine rings is 1. The fourth-order valence-electron chi connectivity index (χ4n) is 7.55. The Bertz CT molecular complexity index is 1880. The summed E-state index contributed by atoms with van der Waals surface area (Å²) < 4.78 is 41.4. The van der Waals surface area contributed by atoms with Gasteiger partial charge in [-0.15, -0.1) is 5.10 Å². The minimum Gasteiger partial charge on any atom is -0.490 e. The molecule has 0 aliphatic carbocycles. The van der Waals surface area contributed by atoms with Crippen LogP contribution in [-0.4, -0.2) is 93.4 Å². The van der Waals surface area contributed by atoms with Gasteiger partial charge in [-0.05, 0) is 83.6 Å². The van der Waals surface area contributed by atoms with Crippen LogP contribution in [0.3, 0.4) is 0 Å². The number of ether oxygens (including phenoxy) is 3. The molecule has 49 heavy (non-hydrogen) atoms. The molecule has 4 aromatic rings. The van der Waals surface area contributed by atoms with Gasteiger partial charge in [0.1, 0.15) is 11.3 Å². The zero-order valence-corrected chi connectivity index (χ0v) is 29.1. The van der Waals surface area contributed by atoms with Crippen LogP contribution < -0.4 is 9.64 Å². The van der Waals surface area contributed by atoms with Crippen molar-refractivity contribution in [1.29, 1.82) is 0 Å². The highest BCUT2D eigenvalue weighted by Gasteiger charge is 2.35. The standard InChI is InChI=1S/C36H45FN6O6/c1-20-23-8-7-15-47-30(23)26(37)18-24(20)29-25-19-27(41(6)32(25)38-21(2)28(29)31(34(44)45)49-36(3,4)5)33-39-40-35(48-33)43-13-11-42(12-14-43)22-9-16-46-17-10-22/h18-19,22,31H,7-17H2,1-6H3,(H,44,45). The number of carbonyl (C=O) groups is 1. The maximum Gasteiger partial charge on any atom is 0.337 e. The number of aromatic nitrogens is 4. The van der Waals surface area contributed by atoms with E-state index in [1.165, 1.54) is 6.07 Å². The van der Waals surface area contributed by atoms with Crippen molar-refractivity contribution >= 4 is 23.0 Å². The van der Waals surface area contributed by atoms with Gasteiger partial charge in [-0.2, -0.15) is 0 Å². The van der Waals surface area contributed by atoms with Crippen molar-refractivity contribution in [3.63, 3.8) is 0 Å². The number of piperazine rings is 1. The number of hydrogen-bond donors (Lipinski definition) is 1. The number of anilines is 1. The monoisotopic (exact) mass is 676 g/mol. The highest BCUT2D eigenvalue weighted by molar-refractivity contribution is 6.01. The average Bonchev–Trinajstić information content (AvgIpc) is 3.70. The molecule has 13 heteroatoms. The van der Waals surface area contributed by atoms with Gasteiger partial charge in [-0.3, -0.25) is 4.90 Å². The summed E-state index contributed by atoms with van der Waals surface area (Å²) in [6.45, 7) is 14.6. The van der Waals surface area contributed by atoms with E-state index < -0.39 is 23.5 Å². The largest absolute Gasteiger partial charge is 0.490 e. The summed E-state index contributed by atoms with van der Waals surface area (Å²) in [5.74, 6) is -1.07. The average molecular weight is 677 g/mol. The van der Waals surface area contributed by atoms with Gasteiger partial charge in [-0.1, -0.05) is 5.10 Å². The highest BCUT2D eigenvalue weighted by atomic mass is 19.1. The lowest BCUT2D eigenvalue weighted by Gasteiger charge is -2.40. The number of aliphatic carboxylic acids is 1. The van der Waals surface area contributed by atoms with E-state index in [1.807, 2.05) is 45.4 Å². The quantitative estimate of drug-likeness (QED) is 0.262. The summed E-state index contributed by atoms with van der Waals surface area (Å²) in [6, 6.07) is 4.33. The molecule has 7 rings (SSSR count). The Morgan fingerprint density at radius 2 is 1.82 bits per heavy atom. The van der Waals surface area contributed by atoms with E-state index in [2.05, 4.69) is 20.0 Å². The molecular weight excluding hydrogens is 631 g/mol. The van der Waals surface area contributed by atoms with E-state index in [-0.39, 0.29) is 5.75 Å². The Kier molecular flexibility index (Phi) is 8.87. The second-order valence-electron chi connectivity index (χ2n) is 14.3. The number of benzene rings is 1. The normalized spacial score (nSPS) is 18.5. The van der Waals surface area contributed by atoms with Gasteiger partial charge in [0, 0.05) is 80.3 Å². The lowest BCUT2D eigenvalue weighted by molar-refractivity contribution is -0.160. The summed E-state index contributed by atoms with van der Waals surface area (Å²) in [7, 11) is 1.86. The van der Waals surface area contributed by atoms with Crippen LogP contribution in [0.2, 0.25) is 0 Å². The molecule has 1 atom stereocenters. The van der Waals surface area contributed by atoms with E-state index >= 15 is 4.39 Å². The van der Waals surface area contributed by atoms with Crippen molar-refractivity contribution in [2.75, 3.05) is 50.9 Å². The molecule has 6 heterocycles. The van der Waals surface area contributed by atoms with Gasteiger partial charge in [0.25, 0.3) is 5.89 Å². The smallest absolute Gasteiger partial charge is 0.337 e. The Balaban J connectivity index is 1.33. The van der Waals surface area contributed by atoms with Crippen LogP contribution in [0.5, 0.6) is 5.75 Å². The maximum absolute atomic E-state index is 15.8. The van der Waals surface area contributed by atoms with Crippen molar-refractivity contribution < 1.29 is 32.9 Å². The van der Waals surface area contributed by atoms with Crippen molar-refractivity contribution in [1.82, 2.24) is 24.6 Å². The third kappa shape index (κ3) is 6.28. The molecule has 1 aromatic carbocycles. The summed E-state index contributed by atoms with van der Waals surface area (Å²) >= 11 is 0. The summed E-state index contributed by atoms with van der Waals surface area (Å²) in [4.78, 5) is 22.4. The Morgan fingerprint density at radius 3 is 2.51 bits per heavy atom.